The van der Waals surface area contributed by atoms with Gasteiger partial charge in [-0.1, -0.05) is 59.0 Å². The van der Waals surface area contributed by atoms with Crippen LogP contribution in [0.3, 0.4) is 0 Å². The number of hydrogen-bond donors (Lipinski definition) is 1. The fraction of sp³-hybridized carbons (Fsp3) is 0.519. The Morgan fingerprint density at radius 1 is 1.15 bits per heavy atom. The second-order valence-electron chi connectivity index (χ2n) is 7.67. The number of nitriles is 1. The molecule has 0 radical (unpaired) electrons. The number of piperazine rings is 1. The normalized spacial score (nSPS) is 14.1. The molecule has 3 heterocycles. The zero-order chi connectivity index (χ0) is 30.1. The molecular weight excluding hydrogens is 523 g/mol. The summed E-state index contributed by atoms with van der Waals surface area (Å²) in [6.45, 7) is 23.5. The van der Waals surface area contributed by atoms with Crippen molar-refractivity contribution in [3.8, 4) is 12.1 Å². The Hall–Kier alpha value is -3.49. The maximum atomic E-state index is 13.2. The van der Waals surface area contributed by atoms with E-state index in [4.69, 9.17) is 21.6 Å². The largest absolute Gasteiger partial charge is 0.467 e. The van der Waals surface area contributed by atoms with Gasteiger partial charge >= 0.3 is 6.01 Å². The number of nitrogens with zero attached hydrogens (tertiary/aromatic N) is 7. The number of aromatic nitrogens is 2. The number of carbonyl (C=O) groups excluding carboxylic acids is 1. The Bertz CT molecular complexity index is 1060. The van der Waals surface area contributed by atoms with Crippen molar-refractivity contribution in [1.82, 2.24) is 25.1 Å². The van der Waals surface area contributed by atoms with E-state index in [1.165, 1.54) is 18.9 Å². The Morgan fingerprint density at radius 3 is 2.18 bits per heavy atom. The summed E-state index contributed by atoms with van der Waals surface area (Å²) >= 11 is 6.15. The molecule has 1 saturated heterocycles. The summed E-state index contributed by atoms with van der Waals surface area (Å²) in [5.74, 6) is -0.372. The van der Waals surface area contributed by atoms with Gasteiger partial charge in [-0.2, -0.15) is 15.2 Å². The third kappa shape index (κ3) is 10.7. The van der Waals surface area contributed by atoms with Crippen LogP contribution < -0.4 is 15.0 Å². The lowest BCUT2D eigenvalue weighted by molar-refractivity contribution is -0.128. The lowest BCUT2D eigenvalue weighted by atomic mass is 10.2. The molecule has 12 heteroatoms. The number of amides is 1. The number of rotatable bonds is 8. The molecule has 1 aromatic rings. The second-order valence-corrected chi connectivity index (χ2v) is 8.13. The molecule has 216 valence electrons. The van der Waals surface area contributed by atoms with E-state index in [0.717, 1.165) is 17.1 Å². The standard InChI is InChI=1S/C21H27ClFN7O2.C2H3N.2C2H6/c1-13(22)17(25-15(3)24-4)11-28-10-16-18(12-28)26-21(32-5)27-19(16)29-6-8-30(9-7-29)20(31)14(2)23;1-2-3;2*1-2/h24H,1-3,6-12H2,4-5H3;1H3;2*1-2H3/b25-17-;;;. The molecular formula is C27H42ClFN8O2. The monoisotopic (exact) mass is 564 g/mol. The molecule has 1 aromatic heterocycles. The molecule has 0 unspecified atom stereocenters. The van der Waals surface area contributed by atoms with Crippen LogP contribution in [0.15, 0.2) is 41.4 Å². The van der Waals surface area contributed by atoms with E-state index in [9.17, 15) is 9.18 Å². The predicted molar refractivity (Wildman–Crippen MR) is 156 cm³/mol. The number of methoxy groups -OCH3 is 1. The van der Waals surface area contributed by atoms with Crippen LogP contribution in [-0.4, -0.2) is 78.3 Å². The van der Waals surface area contributed by atoms with Crippen LogP contribution in [0, 0.1) is 11.3 Å². The van der Waals surface area contributed by atoms with E-state index in [-0.39, 0.29) is 6.01 Å². The quantitative estimate of drug-likeness (QED) is 0.365. The fourth-order valence-corrected chi connectivity index (χ4v) is 3.75. The van der Waals surface area contributed by atoms with Crippen LogP contribution in [0.2, 0.25) is 0 Å². The van der Waals surface area contributed by atoms with Crippen LogP contribution in [0.1, 0.15) is 45.9 Å². The van der Waals surface area contributed by atoms with Crippen molar-refractivity contribution in [2.24, 2.45) is 4.99 Å². The average molecular weight is 565 g/mol. The molecule has 3 rings (SSSR count). The van der Waals surface area contributed by atoms with Crippen molar-refractivity contribution in [2.75, 3.05) is 51.8 Å². The molecule has 2 aliphatic rings. The molecule has 10 nitrogen and oxygen atoms in total. The van der Waals surface area contributed by atoms with Crippen molar-refractivity contribution in [3.63, 3.8) is 0 Å². The van der Waals surface area contributed by atoms with E-state index in [2.05, 4.69) is 49.8 Å². The van der Waals surface area contributed by atoms with Crippen LogP contribution in [0.5, 0.6) is 6.01 Å². The van der Waals surface area contributed by atoms with E-state index in [1.54, 1.807) is 13.1 Å². The summed E-state index contributed by atoms with van der Waals surface area (Å²) in [6, 6.07) is 2.02. The number of aliphatic imine (C=N–C) groups is 1. The van der Waals surface area contributed by atoms with E-state index < -0.39 is 11.7 Å². The van der Waals surface area contributed by atoms with Crippen LogP contribution in [-0.2, 0) is 17.9 Å². The molecule has 0 atom stereocenters. The summed E-state index contributed by atoms with van der Waals surface area (Å²) in [6.07, 6.45) is 0. The maximum absolute atomic E-state index is 13.2. The highest BCUT2D eigenvalue weighted by atomic mass is 35.5. The third-order valence-electron chi connectivity index (χ3n) is 5.33. The minimum atomic E-state index is -0.946. The molecule has 0 spiro atoms. The minimum Gasteiger partial charge on any atom is -0.467 e. The van der Waals surface area contributed by atoms with Crippen molar-refractivity contribution in [3.05, 3.63) is 47.7 Å². The van der Waals surface area contributed by atoms with Gasteiger partial charge in [0.1, 0.15) is 11.6 Å². The highest BCUT2D eigenvalue weighted by molar-refractivity contribution is 6.43. The Kier molecular flexibility index (Phi) is 17.0. The zero-order valence-corrected chi connectivity index (χ0v) is 25.0. The van der Waals surface area contributed by atoms with Crippen molar-refractivity contribution >= 4 is 29.0 Å². The highest BCUT2D eigenvalue weighted by Crippen LogP contribution is 2.32. The molecule has 0 saturated carbocycles. The predicted octanol–water partition coefficient (Wildman–Crippen LogP) is 4.40. The number of fused-ring (bicyclic) bond motifs is 1. The number of nitrogens with one attached hydrogen (secondary N) is 1. The van der Waals surface area contributed by atoms with Gasteiger partial charge in [-0.3, -0.25) is 9.69 Å². The van der Waals surface area contributed by atoms with Gasteiger partial charge in [-0.25, -0.2) is 9.38 Å². The molecule has 1 N–H and O–H groups in total. The minimum absolute atomic E-state index is 0.274. The molecule has 0 aromatic carbocycles. The van der Waals surface area contributed by atoms with Gasteiger partial charge in [-0.15, -0.1) is 0 Å². The lowest BCUT2D eigenvalue weighted by Gasteiger charge is -2.35. The first-order valence-corrected chi connectivity index (χ1v) is 13.2. The van der Waals surface area contributed by atoms with Gasteiger partial charge in [-0.05, 0) is 0 Å². The molecule has 0 aliphatic carbocycles. The number of carbonyl (C=O) groups is 1. The van der Waals surface area contributed by atoms with Gasteiger partial charge < -0.3 is 19.9 Å². The van der Waals surface area contributed by atoms with E-state index in [0.29, 0.717) is 62.4 Å². The SMILES string of the molecule is C=C(/N=C(/CN1Cc2nc(OC)nc(N3CCN(C(=O)C(=C)F)CC3)c2C1)C(=C)Cl)NC.CC.CC.CC#N. The highest BCUT2D eigenvalue weighted by Gasteiger charge is 2.31. The molecule has 2 aliphatic heterocycles. The average Bonchev–Trinajstić information content (AvgIpc) is 3.36. The van der Waals surface area contributed by atoms with Crippen molar-refractivity contribution in [2.45, 2.75) is 47.7 Å². The number of ether oxygens (including phenoxy) is 1. The first kappa shape index (κ1) is 35.5. The van der Waals surface area contributed by atoms with Crippen molar-refractivity contribution in [1.29, 1.82) is 5.26 Å². The van der Waals surface area contributed by atoms with Gasteiger partial charge in [0.15, 0.2) is 5.83 Å². The summed E-state index contributed by atoms with van der Waals surface area (Å²) < 4.78 is 18.5. The number of anilines is 1. The summed E-state index contributed by atoms with van der Waals surface area (Å²) in [4.78, 5) is 31.0. The smallest absolute Gasteiger partial charge is 0.318 e. The summed E-state index contributed by atoms with van der Waals surface area (Å²) in [7, 11) is 3.25. The number of halogens is 2. The first-order valence-electron chi connectivity index (χ1n) is 12.8. The summed E-state index contributed by atoms with van der Waals surface area (Å²) in [5.41, 5.74) is 2.45. The Morgan fingerprint density at radius 2 is 1.72 bits per heavy atom. The van der Waals surface area contributed by atoms with Gasteiger partial charge in [0.05, 0.1) is 29.6 Å². The van der Waals surface area contributed by atoms with Crippen LogP contribution in [0.25, 0.3) is 0 Å². The van der Waals surface area contributed by atoms with E-state index >= 15 is 0 Å². The van der Waals surface area contributed by atoms with Gasteiger partial charge in [0.2, 0.25) is 0 Å². The van der Waals surface area contributed by atoms with Crippen molar-refractivity contribution < 1.29 is 13.9 Å². The maximum Gasteiger partial charge on any atom is 0.318 e. The summed E-state index contributed by atoms with van der Waals surface area (Å²) in [5, 5.41) is 10.5. The molecule has 39 heavy (non-hydrogen) atoms. The van der Waals surface area contributed by atoms with Gasteiger partial charge in [0.25, 0.3) is 5.91 Å². The molecule has 0 bridgehead atoms. The van der Waals surface area contributed by atoms with Crippen LogP contribution >= 0.6 is 11.6 Å². The van der Waals surface area contributed by atoms with Crippen LogP contribution in [0.4, 0.5) is 10.2 Å². The topological polar surface area (TPSA) is 110 Å². The first-order chi connectivity index (χ1) is 18.6. The van der Waals surface area contributed by atoms with E-state index in [1.807, 2.05) is 27.7 Å². The Balaban J connectivity index is 0.00000189. The lowest BCUT2D eigenvalue weighted by Crippen LogP contribution is -2.49. The molecule has 1 amide bonds. The number of hydrogen-bond acceptors (Lipinski definition) is 9. The molecule has 1 fully saturated rings. The second kappa shape index (κ2) is 18.7. The fourth-order valence-electron chi connectivity index (χ4n) is 3.65. The van der Waals surface area contributed by atoms with Gasteiger partial charge in [0, 0.05) is 65.3 Å². The third-order valence-corrected chi connectivity index (χ3v) is 5.55. The zero-order valence-electron chi connectivity index (χ0n) is 24.3. The Labute approximate surface area is 237 Å².